The molecule has 0 saturated carbocycles. The predicted octanol–water partition coefficient (Wildman–Crippen LogP) is 4.58. The maximum Gasteiger partial charge on any atom is 0.0822 e. The Bertz CT molecular complexity index is 101. The Labute approximate surface area is 89.9 Å². The number of unbranched alkanes of at least 4 members (excludes halogenated alkanes) is 5. The van der Waals surface area contributed by atoms with Crippen molar-refractivity contribution in [1.29, 1.82) is 0 Å². The molecule has 0 saturated heterocycles. The van der Waals surface area contributed by atoms with E-state index >= 15 is 0 Å². The van der Waals surface area contributed by atoms with Crippen LogP contribution in [0.1, 0.15) is 71.6 Å². The van der Waals surface area contributed by atoms with Crippen molar-refractivity contribution in [2.75, 3.05) is 6.61 Å². The van der Waals surface area contributed by atoms with Crippen LogP contribution in [0, 0.1) is 5.92 Å². The van der Waals surface area contributed by atoms with E-state index in [1.54, 1.807) is 0 Å². The molecule has 0 aromatic heterocycles. The molecule has 14 heavy (non-hydrogen) atoms. The first-order valence-corrected chi connectivity index (χ1v) is 6.39. The normalized spacial score (nSPS) is 13.1. The van der Waals surface area contributed by atoms with Gasteiger partial charge in [0.15, 0.2) is 0 Å². The van der Waals surface area contributed by atoms with Gasteiger partial charge in [-0.25, -0.2) is 5.11 Å². The Kier molecular flexibility index (Phi) is 11.0. The van der Waals surface area contributed by atoms with E-state index < -0.39 is 0 Å². The molecular weight excluding hydrogens is 172 g/mol. The van der Waals surface area contributed by atoms with Crippen LogP contribution < -0.4 is 0 Å². The summed E-state index contributed by atoms with van der Waals surface area (Å²) in [5.41, 5.74) is 0. The van der Waals surface area contributed by atoms with Crippen molar-refractivity contribution in [3.8, 4) is 0 Å². The molecule has 0 aromatic carbocycles. The molecule has 0 bridgehead atoms. The summed E-state index contributed by atoms with van der Waals surface area (Å²) in [4.78, 5) is 0. The van der Waals surface area contributed by atoms with E-state index in [0.717, 1.165) is 18.8 Å². The Balaban J connectivity index is 2.98. The summed E-state index contributed by atoms with van der Waals surface area (Å²) in [5.74, 6) is 0.918. The van der Waals surface area contributed by atoms with Gasteiger partial charge < -0.3 is 0 Å². The van der Waals surface area contributed by atoms with Crippen molar-refractivity contribution in [2.45, 2.75) is 71.6 Å². The van der Waals surface area contributed by atoms with Gasteiger partial charge in [-0.05, 0) is 12.3 Å². The van der Waals surface area contributed by atoms with Crippen molar-refractivity contribution < 1.29 is 5.11 Å². The molecule has 0 aliphatic carbocycles. The second-order valence-electron chi connectivity index (χ2n) is 4.51. The van der Waals surface area contributed by atoms with Crippen LogP contribution in [0.2, 0.25) is 0 Å². The van der Waals surface area contributed by atoms with Gasteiger partial charge >= 0.3 is 0 Å². The summed E-state index contributed by atoms with van der Waals surface area (Å²) in [6.45, 7) is 4.74. The molecule has 1 atom stereocenters. The highest BCUT2D eigenvalue weighted by atomic mass is 16.2. The highest BCUT2D eigenvalue weighted by Crippen LogP contribution is 2.15. The first kappa shape index (κ1) is 14.0. The van der Waals surface area contributed by atoms with Crippen LogP contribution in [-0.2, 0) is 5.11 Å². The third-order valence-corrected chi connectivity index (χ3v) is 2.87. The van der Waals surface area contributed by atoms with Crippen molar-refractivity contribution in [1.82, 2.24) is 0 Å². The van der Waals surface area contributed by atoms with Crippen LogP contribution in [0.15, 0.2) is 0 Å². The lowest BCUT2D eigenvalue weighted by Crippen LogP contribution is -1.93. The summed E-state index contributed by atoms with van der Waals surface area (Å²) in [6.07, 6.45) is 11.5. The fourth-order valence-corrected chi connectivity index (χ4v) is 1.94. The van der Waals surface area contributed by atoms with Gasteiger partial charge in [0.25, 0.3) is 0 Å². The minimum atomic E-state index is 0.119. The summed E-state index contributed by atoms with van der Waals surface area (Å²) < 4.78 is 0. The van der Waals surface area contributed by atoms with Crippen LogP contribution in [0.4, 0.5) is 0 Å². The first-order valence-electron chi connectivity index (χ1n) is 6.39. The fraction of sp³-hybridized carbons (Fsp3) is 1.00. The van der Waals surface area contributed by atoms with Crippen molar-refractivity contribution in [3.63, 3.8) is 0 Å². The molecule has 0 aromatic rings. The van der Waals surface area contributed by atoms with Gasteiger partial charge in [0.1, 0.15) is 0 Å². The van der Waals surface area contributed by atoms with Gasteiger partial charge in [-0.15, -0.1) is 0 Å². The lowest BCUT2D eigenvalue weighted by molar-refractivity contribution is 0.186. The van der Waals surface area contributed by atoms with E-state index in [2.05, 4.69) is 13.8 Å². The minimum absolute atomic E-state index is 0.119. The predicted molar refractivity (Wildman–Crippen MR) is 61.9 cm³/mol. The number of hydrogen-bond acceptors (Lipinski definition) is 0. The lowest BCUT2D eigenvalue weighted by atomic mass is 9.98. The molecule has 0 aliphatic heterocycles. The standard InChI is InChI=1S/C13H27O/c1-3-10-13(2)11-8-6-4-5-7-9-12-14/h13H,3-12H2,1-2H3. The van der Waals surface area contributed by atoms with E-state index in [1.165, 1.54) is 44.9 Å². The summed E-state index contributed by atoms with van der Waals surface area (Å²) in [7, 11) is 0. The van der Waals surface area contributed by atoms with E-state index in [4.69, 9.17) is 0 Å². The summed E-state index contributed by atoms with van der Waals surface area (Å²) in [5, 5.41) is 10.2. The van der Waals surface area contributed by atoms with Crippen molar-refractivity contribution in [3.05, 3.63) is 0 Å². The molecule has 0 aliphatic rings. The Morgan fingerprint density at radius 2 is 1.43 bits per heavy atom. The van der Waals surface area contributed by atoms with Crippen LogP contribution >= 0.6 is 0 Å². The second kappa shape index (κ2) is 11.0. The SMILES string of the molecule is CCCC(C)CCCCCCCC[O]. The molecule has 1 unspecified atom stereocenters. The maximum atomic E-state index is 10.2. The highest BCUT2D eigenvalue weighted by molar-refractivity contribution is 4.53. The molecule has 0 N–H and O–H groups in total. The molecule has 0 spiro atoms. The third-order valence-electron chi connectivity index (χ3n) is 2.87. The third kappa shape index (κ3) is 10.0. The average molecular weight is 199 g/mol. The molecule has 0 fully saturated rings. The summed E-state index contributed by atoms with van der Waals surface area (Å²) >= 11 is 0. The molecule has 1 radical (unpaired) electrons. The van der Waals surface area contributed by atoms with E-state index in [0.29, 0.717) is 0 Å². The van der Waals surface area contributed by atoms with Gasteiger partial charge in [0.2, 0.25) is 0 Å². The lowest BCUT2D eigenvalue weighted by Gasteiger charge is -2.08. The molecule has 85 valence electrons. The van der Waals surface area contributed by atoms with Gasteiger partial charge in [0.05, 0.1) is 6.61 Å². The minimum Gasteiger partial charge on any atom is -0.237 e. The van der Waals surface area contributed by atoms with Crippen LogP contribution in [0.25, 0.3) is 0 Å². The number of hydrogen-bond donors (Lipinski definition) is 0. The monoisotopic (exact) mass is 199 g/mol. The zero-order chi connectivity index (χ0) is 10.6. The quantitative estimate of drug-likeness (QED) is 0.459. The van der Waals surface area contributed by atoms with Gasteiger partial charge in [0, 0.05) is 0 Å². The Morgan fingerprint density at radius 3 is 2.00 bits per heavy atom. The zero-order valence-electron chi connectivity index (χ0n) is 10.1. The largest absolute Gasteiger partial charge is 0.237 e. The molecule has 0 rings (SSSR count). The zero-order valence-corrected chi connectivity index (χ0v) is 10.1. The molecule has 1 heteroatoms. The smallest absolute Gasteiger partial charge is 0.0822 e. The average Bonchev–Trinajstić information content (AvgIpc) is 2.17. The highest BCUT2D eigenvalue weighted by Gasteiger charge is 1.99. The van der Waals surface area contributed by atoms with E-state index in [-0.39, 0.29) is 6.61 Å². The molecular formula is C13H27O. The second-order valence-corrected chi connectivity index (χ2v) is 4.51. The van der Waals surface area contributed by atoms with Crippen molar-refractivity contribution >= 4 is 0 Å². The maximum absolute atomic E-state index is 10.2. The van der Waals surface area contributed by atoms with Crippen LogP contribution in [0.5, 0.6) is 0 Å². The van der Waals surface area contributed by atoms with Gasteiger partial charge in [-0.2, -0.15) is 0 Å². The van der Waals surface area contributed by atoms with Crippen LogP contribution in [-0.4, -0.2) is 6.61 Å². The Morgan fingerprint density at radius 1 is 0.857 bits per heavy atom. The fourth-order valence-electron chi connectivity index (χ4n) is 1.94. The Hall–Kier alpha value is -0.0400. The van der Waals surface area contributed by atoms with Crippen LogP contribution in [0.3, 0.4) is 0 Å². The van der Waals surface area contributed by atoms with Crippen molar-refractivity contribution in [2.24, 2.45) is 5.92 Å². The molecule has 0 amide bonds. The summed E-state index contributed by atoms with van der Waals surface area (Å²) in [6, 6.07) is 0. The van der Waals surface area contributed by atoms with E-state index in [9.17, 15) is 5.11 Å². The molecule has 1 nitrogen and oxygen atoms in total. The number of rotatable bonds is 10. The van der Waals surface area contributed by atoms with Gasteiger partial charge in [-0.1, -0.05) is 65.2 Å². The first-order chi connectivity index (χ1) is 6.81. The van der Waals surface area contributed by atoms with E-state index in [1.807, 2.05) is 0 Å². The van der Waals surface area contributed by atoms with Gasteiger partial charge in [-0.3, -0.25) is 0 Å². The molecule has 0 heterocycles. The topological polar surface area (TPSA) is 19.9 Å².